The van der Waals surface area contributed by atoms with Crippen LogP contribution in [-0.4, -0.2) is 13.1 Å². The first-order chi connectivity index (χ1) is 12.7. The molecule has 0 aromatic heterocycles. The zero-order valence-corrected chi connectivity index (χ0v) is 14.3. The number of rotatable bonds is 5. The van der Waals surface area contributed by atoms with E-state index < -0.39 is 5.97 Å². The van der Waals surface area contributed by atoms with Crippen LogP contribution >= 0.6 is 0 Å². The Morgan fingerprint density at radius 1 is 0.962 bits per heavy atom. The Morgan fingerprint density at radius 3 is 2.50 bits per heavy atom. The lowest BCUT2D eigenvalue weighted by Gasteiger charge is -2.11. The van der Waals surface area contributed by atoms with Gasteiger partial charge in [-0.3, -0.25) is 0 Å². The van der Waals surface area contributed by atoms with Crippen molar-refractivity contribution in [3.63, 3.8) is 0 Å². The highest BCUT2D eigenvalue weighted by molar-refractivity contribution is 5.91. The molecule has 0 unspecified atom stereocenters. The fraction of sp³-hybridized carbons (Fsp3) is 0.0909. The zero-order chi connectivity index (χ0) is 18.4. The molecule has 0 aliphatic rings. The Hall–Kier alpha value is -3.58. The minimum atomic E-state index is -0.413. The van der Waals surface area contributed by atoms with E-state index in [0.29, 0.717) is 17.7 Å². The molecule has 0 N–H and O–H groups in total. The average molecular weight is 343 g/mol. The summed E-state index contributed by atoms with van der Waals surface area (Å²) in [6, 6.07) is 24.3. The fourth-order valence-corrected chi connectivity index (χ4v) is 2.63. The van der Waals surface area contributed by atoms with E-state index in [-0.39, 0.29) is 0 Å². The standard InChI is InChI=1S/C22H17NO3/c1-25-22(24)20-12-17(15-26-21-8-3-2-4-9-21)11-19(13-20)18-7-5-6-16(10-18)14-23/h2-13H,15H2,1H3. The number of ether oxygens (including phenoxy) is 2. The third-order valence-electron chi connectivity index (χ3n) is 3.89. The predicted molar refractivity (Wildman–Crippen MR) is 98.7 cm³/mol. The number of para-hydroxylation sites is 1. The summed E-state index contributed by atoms with van der Waals surface area (Å²) in [4.78, 5) is 12.0. The number of carbonyl (C=O) groups is 1. The summed E-state index contributed by atoms with van der Waals surface area (Å²) in [5.74, 6) is 0.341. The van der Waals surface area contributed by atoms with Crippen LogP contribution in [0.4, 0.5) is 0 Å². The van der Waals surface area contributed by atoms with E-state index in [0.717, 1.165) is 22.4 Å². The lowest BCUT2D eigenvalue weighted by molar-refractivity contribution is 0.0600. The quantitative estimate of drug-likeness (QED) is 0.636. The maximum Gasteiger partial charge on any atom is 0.337 e. The van der Waals surface area contributed by atoms with Gasteiger partial charge in [-0.2, -0.15) is 5.26 Å². The van der Waals surface area contributed by atoms with E-state index in [1.807, 2.05) is 48.5 Å². The van der Waals surface area contributed by atoms with Crippen LogP contribution in [0.1, 0.15) is 21.5 Å². The van der Waals surface area contributed by atoms with E-state index in [9.17, 15) is 4.79 Å². The minimum absolute atomic E-state index is 0.319. The molecule has 0 aliphatic carbocycles. The van der Waals surface area contributed by atoms with Gasteiger partial charge in [-0.15, -0.1) is 0 Å². The van der Waals surface area contributed by atoms with E-state index in [4.69, 9.17) is 14.7 Å². The number of esters is 1. The second-order valence-corrected chi connectivity index (χ2v) is 5.70. The van der Waals surface area contributed by atoms with Crippen molar-refractivity contribution in [2.24, 2.45) is 0 Å². The summed E-state index contributed by atoms with van der Waals surface area (Å²) >= 11 is 0. The molecule has 0 saturated carbocycles. The van der Waals surface area contributed by atoms with Gasteiger partial charge in [0.25, 0.3) is 0 Å². The molecule has 0 atom stereocenters. The van der Waals surface area contributed by atoms with Gasteiger partial charge >= 0.3 is 5.97 Å². The van der Waals surface area contributed by atoms with Gasteiger partial charge in [0.15, 0.2) is 0 Å². The van der Waals surface area contributed by atoms with Gasteiger partial charge < -0.3 is 9.47 Å². The predicted octanol–water partition coefficient (Wildman–Crippen LogP) is 4.59. The first-order valence-corrected chi connectivity index (χ1v) is 8.10. The largest absolute Gasteiger partial charge is 0.489 e. The van der Waals surface area contributed by atoms with E-state index in [2.05, 4.69) is 6.07 Å². The summed E-state index contributed by atoms with van der Waals surface area (Å²) in [6.45, 7) is 0.319. The maximum absolute atomic E-state index is 12.0. The molecule has 0 heterocycles. The third-order valence-corrected chi connectivity index (χ3v) is 3.89. The van der Waals surface area contributed by atoms with Gasteiger partial charge in [0.1, 0.15) is 12.4 Å². The van der Waals surface area contributed by atoms with Crippen LogP contribution in [0.2, 0.25) is 0 Å². The van der Waals surface area contributed by atoms with Gasteiger partial charge in [-0.05, 0) is 59.2 Å². The molecule has 128 valence electrons. The number of nitriles is 1. The van der Waals surface area contributed by atoms with Crippen LogP contribution in [0.3, 0.4) is 0 Å². The van der Waals surface area contributed by atoms with Crippen molar-refractivity contribution in [1.82, 2.24) is 0 Å². The van der Waals surface area contributed by atoms with Gasteiger partial charge in [0, 0.05) is 0 Å². The molecule has 4 heteroatoms. The van der Waals surface area contributed by atoms with Crippen LogP contribution in [0.15, 0.2) is 72.8 Å². The monoisotopic (exact) mass is 343 g/mol. The Labute approximate surface area is 152 Å². The Morgan fingerprint density at radius 2 is 1.77 bits per heavy atom. The molecular weight excluding hydrogens is 326 g/mol. The van der Waals surface area contributed by atoms with Crippen molar-refractivity contribution in [3.8, 4) is 22.9 Å². The summed E-state index contributed by atoms with van der Waals surface area (Å²) < 4.78 is 10.6. The number of methoxy groups -OCH3 is 1. The van der Waals surface area contributed by atoms with Gasteiger partial charge in [0.2, 0.25) is 0 Å². The first kappa shape index (κ1) is 17.2. The second kappa shape index (κ2) is 8.00. The maximum atomic E-state index is 12.0. The SMILES string of the molecule is COC(=O)c1cc(COc2ccccc2)cc(-c2cccc(C#N)c2)c1. The van der Waals surface area contributed by atoms with E-state index in [1.165, 1.54) is 7.11 Å². The number of benzene rings is 3. The number of hydrogen-bond acceptors (Lipinski definition) is 4. The first-order valence-electron chi connectivity index (χ1n) is 8.10. The molecule has 3 aromatic rings. The highest BCUT2D eigenvalue weighted by atomic mass is 16.5. The van der Waals surface area contributed by atoms with Crippen molar-refractivity contribution in [2.45, 2.75) is 6.61 Å². The fourth-order valence-electron chi connectivity index (χ4n) is 2.63. The van der Waals surface area contributed by atoms with Crippen molar-refractivity contribution in [3.05, 3.63) is 89.5 Å². The Bertz CT molecular complexity index is 959. The highest BCUT2D eigenvalue weighted by Gasteiger charge is 2.11. The number of nitrogens with zero attached hydrogens (tertiary/aromatic N) is 1. The van der Waals surface area contributed by atoms with Crippen molar-refractivity contribution in [1.29, 1.82) is 5.26 Å². The molecule has 4 nitrogen and oxygen atoms in total. The molecule has 26 heavy (non-hydrogen) atoms. The van der Waals surface area contributed by atoms with E-state index >= 15 is 0 Å². The smallest absolute Gasteiger partial charge is 0.337 e. The second-order valence-electron chi connectivity index (χ2n) is 5.70. The lowest BCUT2D eigenvalue weighted by Crippen LogP contribution is -2.04. The topological polar surface area (TPSA) is 59.3 Å². The van der Waals surface area contributed by atoms with Gasteiger partial charge in [0.05, 0.1) is 24.3 Å². The Kier molecular flexibility index (Phi) is 5.31. The summed E-state index contributed by atoms with van der Waals surface area (Å²) in [7, 11) is 1.35. The molecule has 0 saturated heterocycles. The third kappa shape index (κ3) is 4.08. The lowest BCUT2D eigenvalue weighted by atomic mass is 9.98. The summed E-state index contributed by atoms with van der Waals surface area (Å²) in [6.07, 6.45) is 0. The minimum Gasteiger partial charge on any atom is -0.489 e. The van der Waals surface area contributed by atoms with Crippen molar-refractivity contribution >= 4 is 5.97 Å². The Balaban J connectivity index is 1.96. The van der Waals surface area contributed by atoms with Crippen LogP contribution in [0, 0.1) is 11.3 Å². The molecule has 0 fully saturated rings. The normalized spacial score (nSPS) is 10.0. The van der Waals surface area contributed by atoms with Crippen LogP contribution in [-0.2, 0) is 11.3 Å². The van der Waals surface area contributed by atoms with Crippen LogP contribution < -0.4 is 4.74 Å². The van der Waals surface area contributed by atoms with Crippen molar-refractivity contribution < 1.29 is 14.3 Å². The van der Waals surface area contributed by atoms with Crippen LogP contribution in [0.25, 0.3) is 11.1 Å². The van der Waals surface area contributed by atoms with Crippen LogP contribution in [0.5, 0.6) is 5.75 Å². The van der Waals surface area contributed by atoms with Gasteiger partial charge in [-0.1, -0.05) is 30.3 Å². The highest BCUT2D eigenvalue weighted by Crippen LogP contribution is 2.25. The van der Waals surface area contributed by atoms with E-state index in [1.54, 1.807) is 24.3 Å². The number of hydrogen-bond donors (Lipinski definition) is 0. The molecule has 0 radical (unpaired) electrons. The molecule has 0 spiro atoms. The summed E-state index contributed by atoms with van der Waals surface area (Å²) in [5, 5.41) is 9.11. The molecule has 3 rings (SSSR count). The van der Waals surface area contributed by atoms with Crippen molar-refractivity contribution in [2.75, 3.05) is 7.11 Å². The molecular formula is C22H17NO3. The average Bonchev–Trinajstić information content (AvgIpc) is 2.72. The summed E-state index contributed by atoms with van der Waals surface area (Å²) in [5.41, 5.74) is 3.54. The molecule has 0 aliphatic heterocycles. The number of carbonyl (C=O) groups excluding carboxylic acids is 1. The van der Waals surface area contributed by atoms with Gasteiger partial charge in [-0.25, -0.2) is 4.79 Å². The molecule has 0 amide bonds. The molecule has 3 aromatic carbocycles. The zero-order valence-electron chi connectivity index (χ0n) is 14.3. The molecule has 0 bridgehead atoms.